The molecule has 1 amide bonds. The van der Waals surface area contributed by atoms with E-state index < -0.39 is 124 Å². The minimum absolute atomic E-state index is 0.0978. The Bertz CT molecular complexity index is 3940. The number of rotatable bonds is 15. The second-order valence-corrected chi connectivity index (χ2v) is 22.3. The van der Waals surface area contributed by atoms with Crippen molar-refractivity contribution >= 4 is 58.0 Å². The molecule has 8 heterocycles. The van der Waals surface area contributed by atoms with Crippen molar-refractivity contribution in [2.24, 2.45) is 5.73 Å². The highest BCUT2D eigenvalue weighted by Crippen LogP contribution is 2.45. The van der Waals surface area contributed by atoms with Crippen LogP contribution in [-0.4, -0.2) is 205 Å². The zero-order chi connectivity index (χ0) is 63.2. The molecule has 8 bridgehead atoms. The summed E-state index contributed by atoms with van der Waals surface area (Å²) in [6.45, 7) is -0.561. The first-order chi connectivity index (χ1) is 43.4. The number of aliphatic hydroxyl groups is 12. The lowest BCUT2D eigenvalue weighted by atomic mass is 9.99. The van der Waals surface area contributed by atoms with Crippen molar-refractivity contribution in [2.45, 2.75) is 105 Å². The molecule has 5 aliphatic heterocycles. The highest BCUT2D eigenvalue weighted by atomic mass is 16.7. The van der Waals surface area contributed by atoms with Gasteiger partial charge in [0.1, 0.15) is 90.5 Å². The van der Waals surface area contributed by atoms with E-state index >= 15 is 0 Å². The second-order valence-electron chi connectivity index (χ2n) is 22.3. The fourth-order valence-corrected chi connectivity index (χ4v) is 11.5. The van der Waals surface area contributed by atoms with E-state index in [0.29, 0.717) is 95.0 Å². The van der Waals surface area contributed by atoms with Gasteiger partial charge in [0.05, 0.1) is 48.6 Å². The zero-order valence-electron chi connectivity index (χ0n) is 47.9. The van der Waals surface area contributed by atoms with E-state index in [-0.39, 0.29) is 17.2 Å². The number of nitrogens with zero attached hydrogens (tertiary/aromatic N) is 2. The number of hydrogen-bond donors (Lipinski definition) is 16. The number of aromatic amines is 2. The van der Waals surface area contributed by atoms with Crippen molar-refractivity contribution in [3.05, 3.63) is 144 Å². The van der Waals surface area contributed by atoms with Gasteiger partial charge in [-0.05, 0) is 91.4 Å². The number of ether oxygens (including phenoxy) is 6. The first kappa shape index (κ1) is 61.9. The molecule has 25 heteroatoms. The Balaban J connectivity index is 1.14. The quantitative estimate of drug-likeness (QED) is 0.0699. The lowest BCUT2D eigenvalue weighted by Crippen LogP contribution is -2.60. The SMILES string of the molecule is C[C@H](N)C(=O)Nc1ccc(-c2c3nc(c(-c4ccccc4O[C@@H]4O[C@H](CO)[C@@H](O)[C@H](O)[C@H]4O)c4ccc([nH]4)c(-c4ccccc4O[C@@H]4O[C@H](CO)[C@@H](O)[C@H](O)[C@H]4O)c4nc(c(-c5ccccc5O[C@@H]5O[C@H](CO)[C@@H](O)[C@H](O)[C@H]5O)c5ccc2[nH]5)C=C4)C=C3)cc1. The molecule has 3 aromatic heterocycles. The van der Waals surface area contributed by atoms with Crippen LogP contribution in [0, 0.1) is 0 Å². The van der Waals surface area contributed by atoms with Crippen LogP contribution in [0.25, 0.3) is 90.9 Å². The summed E-state index contributed by atoms with van der Waals surface area (Å²) >= 11 is 0. The molecule has 5 aliphatic rings. The molecule has 0 saturated carbocycles. The number of aliphatic hydroxyl groups excluding tert-OH is 12. The number of para-hydroxylation sites is 3. The van der Waals surface area contributed by atoms with Crippen molar-refractivity contribution < 1.29 is 94.5 Å². The summed E-state index contributed by atoms with van der Waals surface area (Å²) in [5, 5.41) is 132. The Kier molecular flexibility index (Phi) is 17.8. The Hall–Kier alpha value is -8.29. The predicted molar refractivity (Wildman–Crippen MR) is 326 cm³/mol. The van der Waals surface area contributed by atoms with Gasteiger partial charge in [-0.25, -0.2) is 9.97 Å². The van der Waals surface area contributed by atoms with Gasteiger partial charge in [-0.1, -0.05) is 66.7 Å². The third-order valence-electron chi connectivity index (χ3n) is 16.4. The highest BCUT2D eigenvalue weighted by molar-refractivity contribution is 6.02. The van der Waals surface area contributed by atoms with Crippen LogP contribution in [0.5, 0.6) is 17.2 Å². The van der Waals surface area contributed by atoms with Crippen LogP contribution in [0.3, 0.4) is 0 Å². The molecule has 90 heavy (non-hydrogen) atoms. The number of hydrogen-bond acceptors (Lipinski definition) is 22. The summed E-state index contributed by atoms with van der Waals surface area (Å²) in [4.78, 5) is 30.7. The predicted octanol–water partition coefficient (Wildman–Crippen LogP) is 2.15. The number of aromatic nitrogens is 4. The van der Waals surface area contributed by atoms with Crippen LogP contribution in [0.1, 0.15) is 29.7 Å². The molecular weight excluding hydrogens is 1170 g/mol. The maximum atomic E-state index is 12.8. The Morgan fingerprint density at radius 3 is 1.09 bits per heavy atom. The maximum Gasteiger partial charge on any atom is 0.240 e. The van der Waals surface area contributed by atoms with E-state index in [1.165, 1.54) is 0 Å². The van der Waals surface area contributed by atoms with Gasteiger partial charge in [-0.15, -0.1) is 0 Å². The number of amides is 1. The number of benzene rings is 4. The molecule has 470 valence electrons. The van der Waals surface area contributed by atoms with Gasteiger partial charge in [0, 0.05) is 66.7 Å². The monoisotopic (exact) mass is 1230 g/mol. The number of H-pyrrole nitrogens is 2. The largest absolute Gasteiger partial charge is 0.461 e. The van der Waals surface area contributed by atoms with Crippen molar-refractivity contribution in [3.63, 3.8) is 0 Å². The van der Waals surface area contributed by atoms with Gasteiger partial charge in [0.25, 0.3) is 0 Å². The number of anilines is 1. The summed E-state index contributed by atoms with van der Waals surface area (Å²) in [5.41, 5.74) is 13.2. The third kappa shape index (κ3) is 11.8. The van der Waals surface area contributed by atoms with Crippen LogP contribution in [0.15, 0.2) is 121 Å². The lowest BCUT2D eigenvalue weighted by Gasteiger charge is -2.39. The van der Waals surface area contributed by atoms with Crippen molar-refractivity contribution in [1.29, 1.82) is 0 Å². The highest BCUT2D eigenvalue weighted by Gasteiger charge is 2.47. The van der Waals surface area contributed by atoms with Gasteiger partial charge in [-0.3, -0.25) is 4.79 Å². The summed E-state index contributed by atoms with van der Waals surface area (Å²) in [6, 6.07) is 33.8. The van der Waals surface area contributed by atoms with Crippen molar-refractivity contribution in [2.75, 3.05) is 25.1 Å². The first-order valence-corrected chi connectivity index (χ1v) is 29.0. The Morgan fingerprint density at radius 1 is 0.456 bits per heavy atom. The molecule has 3 saturated heterocycles. The first-order valence-electron chi connectivity index (χ1n) is 29.0. The van der Waals surface area contributed by atoms with E-state index in [0.717, 1.165) is 0 Å². The molecule has 0 radical (unpaired) electrons. The molecule has 16 atom stereocenters. The zero-order valence-corrected chi connectivity index (χ0v) is 47.9. The molecule has 7 aromatic rings. The molecule has 12 rings (SSSR count). The maximum absolute atomic E-state index is 12.8. The fraction of sp³-hybridized carbons (Fsp3) is 0.308. The van der Waals surface area contributed by atoms with Crippen molar-refractivity contribution in [1.82, 2.24) is 19.9 Å². The van der Waals surface area contributed by atoms with Gasteiger partial charge in [0.15, 0.2) is 0 Å². The summed E-state index contributed by atoms with van der Waals surface area (Å²) in [5.74, 6) is -0.0569. The average Bonchev–Trinajstić information content (AvgIpc) is 1.58. The number of fused-ring (bicyclic) bond motifs is 8. The molecule has 3 fully saturated rings. The minimum atomic E-state index is -1.79. The fourth-order valence-electron chi connectivity index (χ4n) is 11.5. The molecule has 0 aliphatic carbocycles. The standard InChI is InChI=1S/C65H66N6O19/c1-29(66)62(84)67-31-16-14-30(15-17-31)49-35-18-20-37(68-35)50(32-8-2-5-11-43(32)85-63-59(81)56(78)53(75)46(26-72)88-63)39-22-24-41(70-39)52(34-10-4-7-13-45(34)87-65-61(83)58(80)55(77)48(28-74)90-65)42-25-23-40(71-42)51(38-21-19-36(49)69-38)33-9-3-6-12-44(33)86-64-60(82)57(79)54(76)47(27-73)89-64/h2-25,29,46-48,53-61,63-65,68,71-83H,26-28,66H2,1H3,(H,67,84)/t29-,46+,47+,48+,53+,54+,55+,56-,57-,58-,59+,60+,61+,63+,64+,65+/m0/s1. The van der Waals surface area contributed by atoms with Crippen LogP contribution in [0.2, 0.25) is 0 Å². The lowest BCUT2D eigenvalue weighted by molar-refractivity contribution is -0.277. The molecule has 25 nitrogen and oxygen atoms in total. The van der Waals surface area contributed by atoms with Crippen LogP contribution in [0.4, 0.5) is 5.69 Å². The van der Waals surface area contributed by atoms with E-state index in [1.54, 1.807) is 134 Å². The number of nitrogens with one attached hydrogen (secondary N) is 3. The van der Waals surface area contributed by atoms with Crippen molar-refractivity contribution in [3.8, 4) is 61.8 Å². The molecule has 4 aromatic carbocycles. The topological polar surface area (TPSA) is 411 Å². The van der Waals surface area contributed by atoms with E-state index in [2.05, 4.69) is 15.3 Å². The molecular formula is C65H66N6O19. The van der Waals surface area contributed by atoms with E-state index in [1.807, 2.05) is 18.2 Å². The van der Waals surface area contributed by atoms with Crippen LogP contribution < -0.4 is 25.3 Å². The van der Waals surface area contributed by atoms with E-state index in [4.69, 9.17) is 44.1 Å². The minimum Gasteiger partial charge on any atom is -0.461 e. The Morgan fingerprint density at radius 2 is 0.767 bits per heavy atom. The molecule has 0 spiro atoms. The summed E-state index contributed by atoms with van der Waals surface area (Å²) in [6.07, 6.45) is -17.2. The van der Waals surface area contributed by atoms with E-state index in [9.17, 15) is 66.1 Å². The normalized spacial score (nSPS) is 27.7. The second kappa shape index (κ2) is 25.9. The Labute approximate surface area is 512 Å². The summed E-state index contributed by atoms with van der Waals surface area (Å²) in [7, 11) is 0. The smallest absolute Gasteiger partial charge is 0.240 e. The molecule has 0 unspecified atom stereocenters. The number of carbonyl (C=O) groups is 1. The number of carbonyl (C=O) groups excluding carboxylic acids is 1. The average molecular weight is 1240 g/mol. The third-order valence-corrected chi connectivity index (χ3v) is 16.4. The number of nitrogens with two attached hydrogens (primary N) is 1. The van der Waals surface area contributed by atoms with Crippen LogP contribution >= 0.6 is 0 Å². The van der Waals surface area contributed by atoms with Gasteiger partial charge >= 0.3 is 0 Å². The summed E-state index contributed by atoms with van der Waals surface area (Å²) < 4.78 is 36.8. The van der Waals surface area contributed by atoms with Gasteiger partial charge < -0.3 is 111 Å². The van der Waals surface area contributed by atoms with Gasteiger partial charge in [-0.2, -0.15) is 0 Å². The van der Waals surface area contributed by atoms with Crippen LogP contribution in [-0.2, 0) is 19.0 Å². The van der Waals surface area contributed by atoms with Gasteiger partial charge in [0.2, 0.25) is 24.8 Å². The molecule has 17 N–H and O–H groups in total.